The number of aromatic amines is 1. The van der Waals surface area contributed by atoms with E-state index in [1.807, 2.05) is 13.0 Å². The largest absolute Gasteiger partial charge is 0.363 e. The van der Waals surface area contributed by atoms with E-state index >= 15 is 0 Å². The van der Waals surface area contributed by atoms with Crippen LogP contribution in [-0.2, 0) is 6.42 Å². The lowest BCUT2D eigenvalue weighted by atomic mass is 9.90. The molecule has 0 radical (unpaired) electrons. The highest BCUT2D eigenvalue weighted by Crippen LogP contribution is 2.25. The number of aromatic nitrogens is 3. The van der Waals surface area contributed by atoms with E-state index in [2.05, 4.69) is 20.0 Å². The van der Waals surface area contributed by atoms with Crippen LogP contribution in [0.3, 0.4) is 0 Å². The summed E-state index contributed by atoms with van der Waals surface area (Å²) in [7, 11) is 0. The molecule has 6 nitrogen and oxygen atoms in total. The molecule has 0 atom stereocenters. The molecule has 1 aliphatic rings. The highest BCUT2D eigenvalue weighted by atomic mass is 16.5. The number of anilines is 1. The first-order valence-corrected chi connectivity index (χ1v) is 7.42. The van der Waals surface area contributed by atoms with E-state index in [0.29, 0.717) is 5.92 Å². The number of rotatable bonds is 4. The van der Waals surface area contributed by atoms with Gasteiger partial charge in [0.1, 0.15) is 6.26 Å². The zero-order valence-corrected chi connectivity index (χ0v) is 12.2. The fraction of sp³-hybridized carbons (Fsp3) is 0.533. The molecule has 2 aromatic rings. The molecule has 0 bridgehead atoms. The molecule has 1 saturated heterocycles. The Morgan fingerprint density at radius 2 is 2.24 bits per heavy atom. The molecule has 0 unspecified atom stereocenters. The van der Waals surface area contributed by atoms with Crippen LogP contribution in [0.25, 0.3) is 0 Å². The second-order valence-electron chi connectivity index (χ2n) is 5.62. The number of hydrogen-bond donors (Lipinski definition) is 1. The van der Waals surface area contributed by atoms with Gasteiger partial charge < -0.3 is 14.4 Å². The molecule has 0 aliphatic carbocycles. The van der Waals surface area contributed by atoms with E-state index < -0.39 is 0 Å². The molecular formula is C15H20N4O2. The Kier molecular flexibility index (Phi) is 4.03. The highest BCUT2D eigenvalue weighted by molar-refractivity contribution is 5.35. The molecule has 0 spiro atoms. The summed E-state index contributed by atoms with van der Waals surface area (Å²) in [4.78, 5) is 20.9. The molecule has 21 heavy (non-hydrogen) atoms. The molecule has 112 valence electrons. The maximum Gasteiger partial charge on any atom is 0.254 e. The van der Waals surface area contributed by atoms with Gasteiger partial charge in [-0.15, -0.1) is 0 Å². The lowest BCUT2D eigenvalue weighted by molar-refractivity contribution is 0.371. The third kappa shape index (κ3) is 3.15. The van der Waals surface area contributed by atoms with Gasteiger partial charge in [-0.3, -0.25) is 4.79 Å². The van der Waals surface area contributed by atoms with E-state index in [1.165, 1.54) is 6.33 Å². The predicted molar refractivity (Wildman–Crippen MR) is 79.4 cm³/mol. The van der Waals surface area contributed by atoms with Gasteiger partial charge in [-0.2, -0.15) is 0 Å². The van der Waals surface area contributed by atoms with Crippen molar-refractivity contribution in [2.45, 2.75) is 32.6 Å². The van der Waals surface area contributed by atoms with Crippen LogP contribution < -0.4 is 10.5 Å². The van der Waals surface area contributed by atoms with Gasteiger partial charge in [0.25, 0.3) is 5.56 Å². The van der Waals surface area contributed by atoms with Gasteiger partial charge in [0.2, 0.25) is 0 Å². The minimum absolute atomic E-state index is 0.00235. The molecule has 3 heterocycles. The molecule has 0 aromatic carbocycles. The van der Waals surface area contributed by atoms with Crippen molar-refractivity contribution < 1.29 is 4.52 Å². The Bertz CT molecular complexity index is 627. The van der Waals surface area contributed by atoms with E-state index in [-0.39, 0.29) is 5.56 Å². The SMILES string of the molecule is Cc1nc[nH]c(=O)c1CCC1CCN(c2ccon2)CC1. The average molecular weight is 288 g/mol. The zero-order chi connectivity index (χ0) is 14.7. The van der Waals surface area contributed by atoms with Crippen LogP contribution in [0.5, 0.6) is 0 Å². The van der Waals surface area contributed by atoms with Crippen molar-refractivity contribution in [3.05, 3.63) is 40.3 Å². The number of H-pyrrole nitrogens is 1. The maximum atomic E-state index is 11.8. The summed E-state index contributed by atoms with van der Waals surface area (Å²) in [5.41, 5.74) is 1.68. The summed E-state index contributed by atoms with van der Waals surface area (Å²) < 4.78 is 4.89. The van der Waals surface area contributed by atoms with Crippen molar-refractivity contribution in [2.75, 3.05) is 18.0 Å². The molecule has 0 amide bonds. The van der Waals surface area contributed by atoms with Crippen LogP contribution in [0.15, 0.2) is 28.0 Å². The van der Waals surface area contributed by atoms with Crippen molar-refractivity contribution >= 4 is 5.82 Å². The zero-order valence-electron chi connectivity index (χ0n) is 12.2. The van der Waals surface area contributed by atoms with Crippen LogP contribution in [-0.4, -0.2) is 28.2 Å². The first-order valence-electron chi connectivity index (χ1n) is 7.42. The van der Waals surface area contributed by atoms with Crippen LogP contribution in [0, 0.1) is 12.8 Å². The normalized spacial score (nSPS) is 16.3. The first-order chi connectivity index (χ1) is 10.2. The van der Waals surface area contributed by atoms with E-state index in [9.17, 15) is 4.79 Å². The Balaban J connectivity index is 1.53. The van der Waals surface area contributed by atoms with Crippen LogP contribution in [0.1, 0.15) is 30.5 Å². The van der Waals surface area contributed by atoms with Gasteiger partial charge in [-0.1, -0.05) is 5.16 Å². The predicted octanol–water partition coefficient (Wildman–Crippen LogP) is 1.92. The van der Waals surface area contributed by atoms with Crippen molar-refractivity contribution in [1.82, 2.24) is 15.1 Å². The van der Waals surface area contributed by atoms with Gasteiger partial charge in [0, 0.05) is 30.4 Å². The number of hydrogen-bond acceptors (Lipinski definition) is 5. The van der Waals surface area contributed by atoms with Gasteiger partial charge in [0.05, 0.1) is 6.33 Å². The summed E-state index contributed by atoms with van der Waals surface area (Å²) in [6.45, 7) is 3.90. The van der Waals surface area contributed by atoms with Crippen LogP contribution in [0.2, 0.25) is 0 Å². The van der Waals surface area contributed by atoms with Crippen molar-refractivity contribution in [3.63, 3.8) is 0 Å². The van der Waals surface area contributed by atoms with Crippen molar-refractivity contribution in [3.8, 4) is 0 Å². The molecule has 3 rings (SSSR count). The standard InChI is InChI=1S/C15H20N4O2/c1-11-13(15(20)17-10-16-11)3-2-12-4-7-19(8-5-12)14-6-9-21-18-14/h6,9-10,12H,2-5,7-8H2,1H3,(H,16,17,20). The third-order valence-corrected chi connectivity index (χ3v) is 4.33. The molecule has 1 fully saturated rings. The second kappa shape index (κ2) is 6.11. The van der Waals surface area contributed by atoms with Crippen molar-refractivity contribution in [1.29, 1.82) is 0 Å². The second-order valence-corrected chi connectivity index (χ2v) is 5.62. The molecule has 1 aliphatic heterocycles. The Morgan fingerprint density at radius 3 is 2.90 bits per heavy atom. The summed E-state index contributed by atoms with van der Waals surface area (Å²) in [5.74, 6) is 1.58. The third-order valence-electron chi connectivity index (χ3n) is 4.33. The van der Waals surface area contributed by atoms with Crippen LogP contribution in [0.4, 0.5) is 5.82 Å². The highest BCUT2D eigenvalue weighted by Gasteiger charge is 2.21. The molecular weight excluding hydrogens is 268 g/mol. The Morgan fingerprint density at radius 1 is 1.43 bits per heavy atom. The molecule has 6 heteroatoms. The topological polar surface area (TPSA) is 75.0 Å². The fourth-order valence-corrected chi connectivity index (χ4v) is 2.98. The number of nitrogens with one attached hydrogen (secondary N) is 1. The minimum Gasteiger partial charge on any atom is -0.363 e. The smallest absolute Gasteiger partial charge is 0.254 e. The average Bonchev–Trinajstić information content (AvgIpc) is 3.02. The summed E-state index contributed by atoms with van der Waals surface area (Å²) >= 11 is 0. The Hall–Kier alpha value is -2.11. The molecule has 2 aromatic heterocycles. The fourth-order valence-electron chi connectivity index (χ4n) is 2.98. The lowest BCUT2D eigenvalue weighted by Gasteiger charge is -2.31. The summed E-state index contributed by atoms with van der Waals surface area (Å²) in [6.07, 6.45) is 7.19. The number of piperidine rings is 1. The Labute approximate surface area is 123 Å². The monoisotopic (exact) mass is 288 g/mol. The van der Waals surface area contributed by atoms with Crippen LogP contribution >= 0.6 is 0 Å². The number of nitrogens with zero attached hydrogens (tertiary/aromatic N) is 3. The summed E-state index contributed by atoms with van der Waals surface area (Å²) in [5, 5.41) is 3.98. The number of aryl methyl sites for hydroxylation is 1. The lowest BCUT2D eigenvalue weighted by Crippen LogP contribution is -2.34. The molecule has 1 N–H and O–H groups in total. The minimum atomic E-state index is 0.00235. The van der Waals surface area contributed by atoms with Gasteiger partial charge >= 0.3 is 0 Å². The first kappa shape index (κ1) is 13.9. The van der Waals surface area contributed by atoms with E-state index in [4.69, 9.17) is 4.52 Å². The summed E-state index contributed by atoms with van der Waals surface area (Å²) in [6, 6.07) is 1.90. The van der Waals surface area contributed by atoms with Gasteiger partial charge in [-0.25, -0.2) is 4.98 Å². The van der Waals surface area contributed by atoms with E-state index in [1.54, 1.807) is 6.26 Å². The van der Waals surface area contributed by atoms with Crippen molar-refractivity contribution in [2.24, 2.45) is 5.92 Å². The maximum absolute atomic E-state index is 11.8. The van der Waals surface area contributed by atoms with Gasteiger partial charge in [-0.05, 0) is 38.5 Å². The quantitative estimate of drug-likeness (QED) is 0.930. The molecule has 0 saturated carbocycles. The van der Waals surface area contributed by atoms with E-state index in [0.717, 1.165) is 55.8 Å². The van der Waals surface area contributed by atoms with Gasteiger partial charge in [0.15, 0.2) is 5.82 Å².